The Morgan fingerprint density at radius 2 is 0.895 bits per heavy atom. The van der Waals surface area contributed by atoms with Crippen molar-refractivity contribution >= 4 is 11.9 Å². The van der Waals surface area contributed by atoms with E-state index >= 15 is 0 Å². The average Bonchev–Trinajstić information content (AvgIpc) is 2.72. The summed E-state index contributed by atoms with van der Waals surface area (Å²) in [5.41, 5.74) is -0.120. The van der Waals surface area contributed by atoms with Gasteiger partial charge in [0.1, 0.15) is 23.0 Å². The average molecular weight is 527 g/mol. The molecule has 2 rings (SSSR count). The minimum absolute atomic E-state index is 0.0642. The zero-order chi connectivity index (χ0) is 29.6. The van der Waals surface area contributed by atoms with Crippen LogP contribution in [0.2, 0.25) is 0 Å². The Labute approximate surface area is 228 Å². The summed E-state index contributed by atoms with van der Waals surface area (Å²) in [4.78, 5) is 25.4. The van der Waals surface area contributed by atoms with E-state index < -0.39 is 39.5 Å². The molecule has 0 bridgehead atoms. The van der Waals surface area contributed by atoms with Crippen molar-refractivity contribution in [2.75, 3.05) is 0 Å². The standard InChI is InChI=1S/C32H46O6/c1-18(21-14-19(37-27(35)31(8,9)10)16-23(25(21)33)29(2,3)4)22-15-20(38-28(36)32(11,12)13)17-24(26(22)34)30(5,6)7/h14-18,33-34H,1-13H3. The second-order valence-corrected chi connectivity index (χ2v) is 14.3. The molecule has 0 aliphatic carbocycles. The monoisotopic (exact) mass is 526 g/mol. The first-order valence-electron chi connectivity index (χ1n) is 13.1. The number of hydrogen-bond donors (Lipinski definition) is 2. The van der Waals surface area contributed by atoms with Gasteiger partial charge < -0.3 is 19.7 Å². The van der Waals surface area contributed by atoms with Gasteiger partial charge >= 0.3 is 11.9 Å². The van der Waals surface area contributed by atoms with Crippen LogP contribution in [0.3, 0.4) is 0 Å². The molecule has 0 atom stereocenters. The summed E-state index contributed by atoms with van der Waals surface area (Å²) < 4.78 is 11.5. The molecule has 38 heavy (non-hydrogen) atoms. The Morgan fingerprint density at radius 3 is 1.13 bits per heavy atom. The summed E-state index contributed by atoms with van der Waals surface area (Å²) in [5.74, 6) is -0.547. The smallest absolute Gasteiger partial charge is 0.316 e. The molecule has 0 amide bonds. The molecule has 0 radical (unpaired) electrons. The van der Waals surface area contributed by atoms with E-state index in [0.29, 0.717) is 33.8 Å². The van der Waals surface area contributed by atoms with E-state index in [2.05, 4.69) is 0 Å². The van der Waals surface area contributed by atoms with E-state index in [1.807, 2.05) is 48.5 Å². The minimum Gasteiger partial charge on any atom is -0.507 e. The van der Waals surface area contributed by atoms with Gasteiger partial charge in [0.2, 0.25) is 0 Å². The molecular weight excluding hydrogens is 480 g/mol. The van der Waals surface area contributed by atoms with E-state index in [9.17, 15) is 19.8 Å². The lowest BCUT2D eigenvalue weighted by atomic mass is 9.79. The molecule has 2 aromatic carbocycles. The molecule has 0 aromatic heterocycles. The number of carbonyl (C=O) groups excluding carboxylic acids is 2. The SMILES string of the molecule is CC(c1cc(OC(=O)C(C)(C)C)cc(C(C)(C)C)c1O)c1cc(OC(=O)C(C)(C)C)cc(C(C)(C)C)c1O. The fourth-order valence-corrected chi connectivity index (χ4v) is 3.87. The van der Waals surface area contributed by atoms with E-state index in [0.717, 1.165) is 0 Å². The zero-order valence-corrected chi connectivity index (χ0v) is 25.4. The lowest BCUT2D eigenvalue weighted by Gasteiger charge is -2.28. The number of carbonyl (C=O) groups is 2. The summed E-state index contributed by atoms with van der Waals surface area (Å²) in [6.07, 6.45) is 0. The Kier molecular flexibility index (Phi) is 8.43. The van der Waals surface area contributed by atoms with Crippen molar-refractivity contribution < 1.29 is 29.3 Å². The van der Waals surface area contributed by atoms with Crippen LogP contribution < -0.4 is 9.47 Å². The number of rotatable bonds is 4. The van der Waals surface area contributed by atoms with Crippen molar-refractivity contribution in [2.45, 2.75) is 107 Å². The van der Waals surface area contributed by atoms with Crippen molar-refractivity contribution in [3.63, 3.8) is 0 Å². The maximum atomic E-state index is 12.7. The lowest BCUT2D eigenvalue weighted by molar-refractivity contribution is -0.143. The molecule has 0 unspecified atom stereocenters. The number of hydrogen-bond acceptors (Lipinski definition) is 6. The molecule has 6 heteroatoms. The van der Waals surface area contributed by atoms with E-state index in [1.165, 1.54) is 0 Å². The summed E-state index contributed by atoms with van der Waals surface area (Å²) in [7, 11) is 0. The number of aromatic hydroxyl groups is 2. The van der Waals surface area contributed by atoms with Crippen LogP contribution in [0.15, 0.2) is 24.3 Å². The number of phenolic OH excluding ortho intramolecular Hbond substituents is 2. The van der Waals surface area contributed by atoms with Gasteiger partial charge in [-0.2, -0.15) is 0 Å². The maximum Gasteiger partial charge on any atom is 0.316 e. The van der Waals surface area contributed by atoms with Gasteiger partial charge in [-0.25, -0.2) is 0 Å². The highest BCUT2D eigenvalue weighted by Crippen LogP contribution is 2.46. The first-order valence-corrected chi connectivity index (χ1v) is 13.1. The Hall–Kier alpha value is -3.02. The summed E-state index contributed by atoms with van der Waals surface area (Å²) >= 11 is 0. The van der Waals surface area contributed by atoms with Crippen LogP contribution in [-0.2, 0) is 20.4 Å². The third-order valence-corrected chi connectivity index (χ3v) is 6.42. The molecule has 0 spiro atoms. The van der Waals surface area contributed by atoms with Gasteiger partial charge in [-0.05, 0) is 76.6 Å². The summed E-state index contributed by atoms with van der Waals surface area (Å²) in [6, 6.07) is 6.67. The van der Waals surface area contributed by atoms with E-state index in [-0.39, 0.29) is 11.5 Å². The van der Waals surface area contributed by atoms with Crippen LogP contribution in [0.4, 0.5) is 0 Å². The number of ether oxygens (including phenoxy) is 2. The third kappa shape index (κ3) is 7.09. The highest BCUT2D eigenvalue weighted by atomic mass is 16.5. The van der Waals surface area contributed by atoms with Crippen LogP contribution >= 0.6 is 0 Å². The van der Waals surface area contributed by atoms with Gasteiger partial charge in [-0.1, -0.05) is 48.5 Å². The summed E-state index contributed by atoms with van der Waals surface area (Å²) in [5, 5.41) is 22.8. The predicted octanol–water partition coefficient (Wildman–Crippen LogP) is 7.75. The first-order chi connectivity index (χ1) is 16.9. The van der Waals surface area contributed by atoms with Crippen LogP contribution in [0.5, 0.6) is 23.0 Å². The number of benzene rings is 2. The van der Waals surface area contributed by atoms with E-state index in [4.69, 9.17) is 9.47 Å². The normalized spacial score (nSPS) is 13.0. The van der Waals surface area contributed by atoms with Crippen molar-refractivity contribution in [3.05, 3.63) is 46.5 Å². The molecule has 6 nitrogen and oxygen atoms in total. The molecule has 0 fully saturated rings. The molecule has 2 aromatic rings. The Balaban J connectivity index is 2.79. The molecule has 0 saturated heterocycles. The largest absolute Gasteiger partial charge is 0.507 e. The Morgan fingerprint density at radius 1 is 0.605 bits per heavy atom. The fourth-order valence-electron chi connectivity index (χ4n) is 3.87. The van der Waals surface area contributed by atoms with Gasteiger partial charge in [0.05, 0.1) is 10.8 Å². The third-order valence-electron chi connectivity index (χ3n) is 6.42. The highest BCUT2D eigenvalue weighted by molar-refractivity contribution is 5.79. The van der Waals surface area contributed by atoms with Crippen molar-refractivity contribution in [2.24, 2.45) is 10.8 Å². The molecule has 0 heterocycles. The first kappa shape index (κ1) is 31.2. The van der Waals surface area contributed by atoms with Crippen LogP contribution in [0, 0.1) is 10.8 Å². The summed E-state index contributed by atoms with van der Waals surface area (Å²) in [6.45, 7) is 24.3. The molecule has 2 N–H and O–H groups in total. The van der Waals surface area contributed by atoms with Crippen molar-refractivity contribution in [1.82, 2.24) is 0 Å². The maximum absolute atomic E-state index is 12.7. The second kappa shape index (κ2) is 10.3. The van der Waals surface area contributed by atoms with Gasteiger partial charge in [-0.15, -0.1) is 0 Å². The molecule has 0 aliphatic rings. The van der Waals surface area contributed by atoms with Crippen molar-refractivity contribution in [1.29, 1.82) is 0 Å². The predicted molar refractivity (Wildman–Crippen MR) is 151 cm³/mol. The number of esters is 2. The quantitative estimate of drug-likeness (QED) is 0.312. The van der Waals surface area contributed by atoms with Gasteiger partial charge in [0, 0.05) is 28.2 Å². The van der Waals surface area contributed by atoms with Crippen molar-refractivity contribution in [3.8, 4) is 23.0 Å². The fraction of sp³-hybridized carbons (Fsp3) is 0.562. The minimum atomic E-state index is -0.712. The molecular formula is C32H46O6. The van der Waals surface area contributed by atoms with Gasteiger partial charge in [0.25, 0.3) is 0 Å². The highest BCUT2D eigenvalue weighted by Gasteiger charge is 2.31. The zero-order valence-electron chi connectivity index (χ0n) is 25.4. The number of phenols is 2. The lowest BCUT2D eigenvalue weighted by Crippen LogP contribution is -2.26. The van der Waals surface area contributed by atoms with Gasteiger partial charge in [0.15, 0.2) is 0 Å². The van der Waals surface area contributed by atoms with Crippen LogP contribution in [0.1, 0.15) is 118 Å². The van der Waals surface area contributed by atoms with Crippen LogP contribution in [-0.4, -0.2) is 22.2 Å². The molecule has 0 aliphatic heterocycles. The van der Waals surface area contributed by atoms with E-state index in [1.54, 1.807) is 65.8 Å². The topological polar surface area (TPSA) is 93.1 Å². The Bertz CT molecular complexity index is 1120. The molecule has 0 saturated carbocycles. The van der Waals surface area contributed by atoms with Crippen LogP contribution in [0.25, 0.3) is 0 Å². The molecule has 210 valence electrons. The van der Waals surface area contributed by atoms with Gasteiger partial charge in [-0.3, -0.25) is 9.59 Å². The second-order valence-electron chi connectivity index (χ2n) is 14.3.